The molecule has 0 aliphatic heterocycles. The highest BCUT2D eigenvalue weighted by molar-refractivity contribution is 6.29. The van der Waals surface area contributed by atoms with Gasteiger partial charge in [0, 0.05) is 25.8 Å². The molecule has 0 aliphatic carbocycles. The maximum absolute atomic E-state index is 11.7. The van der Waals surface area contributed by atoms with Crippen LogP contribution in [0.4, 0.5) is 5.69 Å². The van der Waals surface area contributed by atoms with Crippen LogP contribution in [0.3, 0.4) is 0 Å². The molecule has 0 bridgehead atoms. The monoisotopic (exact) mass is 278 g/mol. The van der Waals surface area contributed by atoms with E-state index < -0.39 is 0 Å². The summed E-state index contributed by atoms with van der Waals surface area (Å²) < 4.78 is 5.03. The van der Waals surface area contributed by atoms with Crippen LogP contribution < -0.4 is 10.2 Å². The number of likely N-dealkylation sites (N-methyl/N-ethyl adjacent to an activating group) is 1. The molecule has 1 N–H and O–H groups in total. The molecule has 0 spiro atoms. The zero-order chi connectivity index (χ0) is 13.7. The second kappa shape index (κ2) is 6.29. The molecule has 100 valence electrons. The van der Waals surface area contributed by atoms with Crippen molar-refractivity contribution < 1.29 is 9.21 Å². The number of furan rings is 1. The van der Waals surface area contributed by atoms with Gasteiger partial charge in [-0.25, -0.2) is 0 Å². The first kappa shape index (κ1) is 13.5. The molecule has 1 amide bonds. The minimum absolute atomic E-state index is 0.214. The van der Waals surface area contributed by atoms with E-state index in [0.29, 0.717) is 13.1 Å². The van der Waals surface area contributed by atoms with Crippen LogP contribution >= 0.6 is 11.6 Å². The fourth-order valence-corrected chi connectivity index (χ4v) is 1.82. The summed E-state index contributed by atoms with van der Waals surface area (Å²) in [6.07, 6.45) is 0. The average molecular weight is 279 g/mol. The van der Waals surface area contributed by atoms with Crippen molar-refractivity contribution in [1.29, 1.82) is 0 Å². The first-order valence-electron chi connectivity index (χ1n) is 5.96. The molecule has 19 heavy (non-hydrogen) atoms. The lowest BCUT2D eigenvalue weighted by Crippen LogP contribution is -2.32. The van der Waals surface area contributed by atoms with Crippen LogP contribution in [0.5, 0.6) is 0 Å². The van der Waals surface area contributed by atoms with Gasteiger partial charge in [-0.1, -0.05) is 18.2 Å². The van der Waals surface area contributed by atoms with E-state index in [9.17, 15) is 4.79 Å². The van der Waals surface area contributed by atoms with E-state index in [1.807, 2.05) is 37.4 Å². The molecule has 0 unspecified atom stereocenters. The van der Waals surface area contributed by atoms with Crippen molar-refractivity contribution in [2.45, 2.75) is 0 Å². The largest absolute Gasteiger partial charge is 0.440 e. The molecule has 0 aliphatic rings. The fourth-order valence-electron chi connectivity index (χ4n) is 1.67. The molecular weight excluding hydrogens is 264 g/mol. The van der Waals surface area contributed by atoms with Gasteiger partial charge in [0.05, 0.1) is 0 Å². The zero-order valence-corrected chi connectivity index (χ0v) is 11.4. The van der Waals surface area contributed by atoms with E-state index in [-0.39, 0.29) is 16.9 Å². The van der Waals surface area contributed by atoms with Crippen LogP contribution in [-0.4, -0.2) is 26.0 Å². The zero-order valence-electron chi connectivity index (χ0n) is 10.6. The van der Waals surface area contributed by atoms with E-state index in [4.69, 9.17) is 16.0 Å². The van der Waals surface area contributed by atoms with Crippen molar-refractivity contribution in [3.05, 3.63) is 53.4 Å². The minimum Gasteiger partial charge on any atom is -0.440 e. The molecular formula is C14H15ClN2O2. The van der Waals surface area contributed by atoms with Crippen LogP contribution in [0.25, 0.3) is 0 Å². The Morgan fingerprint density at radius 2 is 2.00 bits per heavy atom. The van der Waals surface area contributed by atoms with Crippen LogP contribution in [0.1, 0.15) is 10.6 Å². The molecule has 0 saturated carbocycles. The van der Waals surface area contributed by atoms with Crippen molar-refractivity contribution in [2.75, 3.05) is 25.0 Å². The summed E-state index contributed by atoms with van der Waals surface area (Å²) in [7, 11) is 1.98. The van der Waals surface area contributed by atoms with Crippen LogP contribution in [0.15, 0.2) is 46.9 Å². The Morgan fingerprint density at radius 1 is 1.26 bits per heavy atom. The van der Waals surface area contributed by atoms with Crippen molar-refractivity contribution >= 4 is 23.2 Å². The lowest BCUT2D eigenvalue weighted by Gasteiger charge is -2.19. The molecule has 0 radical (unpaired) electrons. The van der Waals surface area contributed by atoms with E-state index in [0.717, 1.165) is 5.69 Å². The number of halogens is 1. The van der Waals surface area contributed by atoms with Gasteiger partial charge in [0.25, 0.3) is 5.91 Å². The first-order chi connectivity index (χ1) is 9.16. The van der Waals surface area contributed by atoms with Gasteiger partial charge >= 0.3 is 0 Å². The second-order valence-electron chi connectivity index (χ2n) is 4.12. The Bertz CT molecular complexity index is 539. The van der Waals surface area contributed by atoms with Gasteiger partial charge in [-0.3, -0.25) is 4.79 Å². The summed E-state index contributed by atoms with van der Waals surface area (Å²) in [5.74, 6) is -0.0271. The second-order valence-corrected chi connectivity index (χ2v) is 4.49. The van der Waals surface area contributed by atoms with Crippen molar-refractivity contribution in [2.24, 2.45) is 0 Å². The standard InChI is InChI=1S/C14H15ClN2O2/c1-17(11-5-3-2-4-6-11)10-9-16-14(18)12-7-8-13(15)19-12/h2-8H,9-10H2,1H3,(H,16,18). The third kappa shape index (κ3) is 3.76. The lowest BCUT2D eigenvalue weighted by molar-refractivity contribution is 0.0927. The minimum atomic E-state index is -0.256. The summed E-state index contributed by atoms with van der Waals surface area (Å²) >= 11 is 5.61. The predicted molar refractivity (Wildman–Crippen MR) is 75.8 cm³/mol. The van der Waals surface area contributed by atoms with Crippen molar-refractivity contribution in [1.82, 2.24) is 5.32 Å². The number of carbonyl (C=O) groups is 1. The quantitative estimate of drug-likeness (QED) is 0.915. The Morgan fingerprint density at radius 3 is 2.63 bits per heavy atom. The van der Waals surface area contributed by atoms with E-state index in [2.05, 4.69) is 10.2 Å². The van der Waals surface area contributed by atoms with Gasteiger partial charge in [0.1, 0.15) is 0 Å². The number of benzene rings is 1. The summed E-state index contributed by atoms with van der Waals surface area (Å²) in [4.78, 5) is 13.8. The van der Waals surface area contributed by atoms with E-state index >= 15 is 0 Å². The maximum atomic E-state index is 11.7. The third-order valence-corrected chi connectivity index (χ3v) is 2.93. The molecule has 4 nitrogen and oxygen atoms in total. The van der Waals surface area contributed by atoms with E-state index in [1.165, 1.54) is 0 Å². The van der Waals surface area contributed by atoms with Gasteiger partial charge in [-0.15, -0.1) is 0 Å². The van der Waals surface area contributed by atoms with Crippen LogP contribution in [0, 0.1) is 0 Å². The number of nitrogens with one attached hydrogen (secondary N) is 1. The summed E-state index contributed by atoms with van der Waals surface area (Å²) in [5.41, 5.74) is 1.11. The molecule has 5 heteroatoms. The molecule has 1 heterocycles. The Hall–Kier alpha value is -1.94. The number of rotatable bonds is 5. The SMILES string of the molecule is CN(CCNC(=O)c1ccc(Cl)o1)c1ccccc1. The Labute approximate surface area is 117 Å². The van der Waals surface area contributed by atoms with Crippen molar-refractivity contribution in [3.63, 3.8) is 0 Å². The molecule has 1 aromatic carbocycles. The van der Waals surface area contributed by atoms with Gasteiger partial charge in [-0.05, 0) is 35.9 Å². The number of hydrogen-bond acceptors (Lipinski definition) is 3. The van der Waals surface area contributed by atoms with Gasteiger partial charge in [-0.2, -0.15) is 0 Å². The number of nitrogens with zero attached hydrogens (tertiary/aromatic N) is 1. The molecule has 0 fully saturated rings. The van der Waals surface area contributed by atoms with Gasteiger partial charge in [0.15, 0.2) is 11.0 Å². The van der Waals surface area contributed by atoms with Crippen molar-refractivity contribution in [3.8, 4) is 0 Å². The Balaban J connectivity index is 1.79. The lowest BCUT2D eigenvalue weighted by atomic mass is 10.3. The molecule has 1 aromatic heterocycles. The summed E-state index contributed by atoms with van der Waals surface area (Å²) in [5, 5.41) is 2.99. The number of para-hydroxylation sites is 1. The highest BCUT2D eigenvalue weighted by Crippen LogP contribution is 2.13. The molecule has 2 aromatic rings. The number of carbonyl (C=O) groups excluding carboxylic acids is 1. The molecule has 2 rings (SSSR count). The average Bonchev–Trinajstić information content (AvgIpc) is 2.86. The molecule has 0 saturated heterocycles. The summed E-state index contributed by atoms with van der Waals surface area (Å²) in [6.45, 7) is 1.24. The van der Waals surface area contributed by atoms with Gasteiger partial charge < -0.3 is 14.6 Å². The number of amides is 1. The number of anilines is 1. The summed E-state index contributed by atoms with van der Waals surface area (Å²) in [6, 6.07) is 13.1. The highest BCUT2D eigenvalue weighted by atomic mass is 35.5. The number of hydrogen-bond donors (Lipinski definition) is 1. The maximum Gasteiger partial charge on any atom is 0.287 e. The van der Waals surface area contributed by atoms with Gasteiger partial charge in [0.2, 0.25) is 0 Å². The Kier molecular flexibility index (Phi) is 4.47. The first-order valence-corrected chi connectivity index (χ1v) is 6.34. The fraction of sp³-hybridized carbons (Fsp3) is 0.214. The van der Waals surface area contributed by atoms with Crippen LogP contribution in [-0.2, 0) is 0 Å². The normalized spacial score (nSPS) is 10.2. The topological polar surface area (TPSA) is 45.5 Å². The third-order valence-electron chi connectivity index (χ3n) is 2.73. The predicted octanol–water partition coefficient (Wildman–Crippen LogP) is 2.80. The van der Waals surface area contributed by atoms with E-state index in [1.54, 1.807) is 12.1 Å². The molecule has 0 atom stereocenters. The highest BCUT2D eigenvalue weighted by Gasteiger charge is 2.09. The smallest absolute Gasteiger partial charge is 0.287 e. The van der Waals surface area contributed by atoms with Crippen LogP contribution in [0.2, 0.25) is 5.22 Å².